The van der Waals surface area contributed by atoms with E-state index in [9.17, 15) is 27.9 Å². The zero-order chi connectivity index (χ0) is 24.1. The molecule has 9 nitrogen and oxygen atoms in total. The summed E-state index contributed by atoms with van der Waals surface area (Å²) in [6.45, 7) is 3.24. The summed E-state index contributed by atoms with van der Waals surface area (Å²) in [5.74, 6) is -4.37. The number of hydrogen-bond donors (Lipinski definition) is 1. The Morgan fingerprint density at radius 2 is 2.09 bits per heavy atom. The van der Waals surface area contributed by atoms with Gasteiger partial charge in [0, 0.05) is 25.2 Å². The van der Waals surface area contributed by atoms with Crippen LogP contribution >= 0.6 is 11.3 Å². The van der Waals surface area contributed by atoms with Crippen molar-refractivity contribution in [2.75, 3.05) is 31.3 Å². The van der Waals surface area contributed by atoms with Gasteiger partial charge in [-0.05, 0) is 13.0 Å². The number of carbonyl (C=O) groups is 1. The van der Waals surface area contributed by atoms with E-state index in [0.29, 0.717) is 31.8 Å². The van der Waals surface area contributed by atoms with E-state index in [2.05, 4.69) is 10.2 Å². The number of halogens is 3. The Bertz CT molecular complexity index is 1280. The molecule has 0 radical (unpaired) electrons. The maximum Gasteiger partial charge on any atom is 0.278 e. The molecular formula is C21H20F3N5O4S. The topological polar surface area (TPSA) is 101 Å². The van der Waals surface area contributed by atoms with Crippen LogP contribution in [0.3, 0.4) is 0 Å². The Morgan fingerprint density at radius 1 is 1.29 bits per heavy atom. The summed E-state index contributed by atoms with van der Waals surface area (Å²) in [6.07, 6.45) is 0.294. The average molecular weight is 495 g/mol. The van der Waals surface area contributed by atoms with E-state index < -0.39 is 47.0 Å². The lowest BCUT2D eigenvalue weighted by Crippen LogP contribution is -2.65. The second kappa shape index (κ2) is 8.55. The van der Waals surface area contributed by atoms with E-state index in [0.717, 1.165) is 11.3 Å². The fraction of sp³-hybridized carbons (Fsp3) is 0.429. The number of morpholine rings is 1. The van der Waals surface area contributed by atoms with Gasteiger partial charge in [0.15, 0.2) is 16.5 Å². The Labute approximate surface area is 195 Å². The molecule has 1 fully saturated rings. The van der Waals surface area contributed by atoms with Gasteiger partial charge in [-0.15, -0.1) is 10.2 Å². The van der Waals surface area contributed by atoms with E-state index in [1.165, 1.54) is 15.8 Å². The second-order valence-electron chi connectivity index (χ2n) is 8.06. The Kier molecular flexibility index (Phi) is 5.68. The van der Waals surface area contributed by atoms with Crippen molar-refractivity contribution in [1.29, 1.82) is 0 Å². The highest BCUT2D eigenvalue weighted by Crippen LogP contribution is 2.34. The zero-order valence-corrected chi connectivity index (χ0v) is 18.8. The lowest BCUT2D eigenvalue weighted by atomic mass is 9.94. The molecule has 2 aliphatic heterocycles. The number of aromatic hydroxyl groups is 1. The lowest BCUT2D eigenvalue weighted by Gasteiger charge is -2.48. The molecule has 0 bridgehead atoms. The van der Waals surface area contributed by atoms with Crippen molar-refractivity contribution in [3.63, 3.8) is 0 Å². The molecule has 180 valence electrons. The molecule has 34 heavy (non-hydrogen) atoms. The van der Waals surface area contributed by atoms with Crippen LogP contribution in [0.25, 0.3) is 10.6 Å². The highest BCUT2D eigenvalue weighted by molar-refractivity contribution is 7.14. The average Bonchev–Trinajstić information content (AvgIpc) is 3.27. The molecule has 1 N–H and O–H groups in total. The molecule has 2 aromatic heterocycles. The molecule has 2 aromatic rings. The van der Waals surface area contributed by atoms with Crippen molar-refractivity contribution < 1.29 is 27.8 Å². The molecular weight excluding hydrogens is 475 g/mol. The number of amides is 1. The summed E-state index contributed by atoms with van der Waals surface area (Å²) in [7, 11) is 0. The van der Waals surface area contributed by atoms with Gasteiger partial charge in [0.1, 0.15) is 29.0 Å². The van der Waals surface area contributed by atoms with Crippen LogP contribution in [0.15, 0.2) is 34.8 Å². The fourth-order valence-electron chi connectivity index (χ4n) is 4.40. The van der Waals surface area contributed by atoms with Gasteiger partial charge in [0.2, 0.25) is 5.43 Å². The zero-order valence-electron chi connectivity index (χ0n) is 17.9. The maximum atomic E-state index is 14.1. The van der Waals surface area contributed by atoms with Crippen LogP contribution in [0.4, 0.5) is 13.2 Å². The van der Waals surface area contributed by atoms with Gasteiger partial charge < -0.3 is 14.7 Å². The number of pyridine rings is 1. The molecule has 13 heteroatoms. The van der Waals surface area contributed by atoms with Crippen molar-refractivity contribution in [3.05, 3.63) is 50.9 Å². The number of fused-ring (bicyclic) bond motifs is 3. The fourth-order valence-corrected chi connectivity index (χ4v) is 5.31. The molecule has 0 saturated carbocycles. The third kappa shape index (κ3) is 3.59. The summed E-state index contributed by atoms with van der Waals surface area (Å²) < 4.78 is 48.4. The van der Waals surface area contributed by atoms with E-state index in [1.54, 1.807) is 6.92 Å². The molecule has 0 spiro atoms. The van der Waals surface area contributed by atoms with Crippen LogP contribution in [0.5, 0.6) is 5.75 Å². The van der Waals surface area contributed by atoms with E-state index in [-0.39, 0.29) is 34.3 Å². The van der Waals surface area contributed by atoms with Gasteiger partial charge in [0.25, 0.3) is 5.91 Å². The van der Waals surface area contributed by atoms with Crippen molar-refractivity contribution >= 4 is 17.2 Å². The minimum atomic E-state index is -1.86. The number of allylic oxidation sites excluding steroid dienone is 4. The lowest BCUT2D eigenvalue weighted by molar-refractivity contribution is 0.00584. The van der Waals surface area contributed by atoms with Crippen LogP contribution in [0.2, 0.25) is 0 Å². The Balaban J connectivity index is 1.52. The molecule has 1 amide bonds. The summed E-state index contributed by atoms with van der Waals surface area (Å²) in [6, 6.07) is 0. The van der Waals surface area contributed by atoms with Gasteiger partial charge >= 0.3 is 0 Å². The van der Waals surface area contributed by atoms with Gasteiger partial charge in [-0.1, -0.05) is 11.3 Å². The number of likely N-dealkylation sites (N-methyl/N-ethyl adjacent to an activating group) is 1. The number of aromatic nitrogens is 3. The van der Waals surface area contributed by atoms with Gasteiger partial charge in [-0.2, -0.15) is 0 Å². The molecule has 4 heterocycles. The van der Waals surface area contributed by atoms with Crippen molar-refractivity contribution in [2.45, 2.75) is 25.7 Å². The molecule has 0 aromatic carbocycles. The van der Waals surface area contributed by atoms with Crippen molar-refractivity contribution in [2.24, 2.45) is 5.92 Å². The number of hydrogen-bond acceptors (Lipinski definition) is 8. The third-order valence-corrected chi connectivity index (χ3v) is 7.08. The molecule has 3 aliphatic rings. The number of ether oxygens (including phenoxy) is 1. The Hall–Kier alpha value is -3.19. The second-order valence-corrected chi connectivity index (χ2v) is 9.12. The number of carbonyl (C=O) groups excluding carboxylic acids is 1. The van der Waals surface area contributed by atoms with E-state index in [4.69, 9.17) is 4.74 Å². The highest BCUT2D eigenvalue weighted by Gasteiger charge is 2.41. The maximum absolute atomic E-state index is 14.1. The summed E-state index contributed by atoms with van der Waals surface area (Å²) >= 11 is 0.933. The number of alkyl halides is 1. The molecule has 3 unspecified atom stereocenters. The molecule has 5 rings (SSSR count). The monoisotopic (exact) mass is 495 g/mol. The van der Waals surface area contributed by atoms with Crippen LogP contribution in [-0.2, 0) is 11.2 Å². The highest BCUT2D eigenvalue weighted by atomic mass is 32.1. The first-order valence-corrected chi connectivity index (χ1v) is 11.5. The molecule has 1 aliphatic carbocycles. The van der Waals surface area contributed by atoms with Crippen LogP contribution in [0, 0.1) is 5.92 Å². The summed E-state index contributed by atoms with van der Waals surface area (Å²) in [5.41, 5.74) is -0.959. The minimum Gasteiger partial charge on any atom is -0.502 e. The normalized spacial score (nSPS) is 24.5. The number of nitrogens with zero attached hydrogens (tertiary/aromatic N) is 5. The summed E-state index contributed by atoms with van der Waals surface area (Å²) in [4.78, 5) is 27.5. The van der Waals surface area contributed by atoms with Crippen LogP contribution < -0.4 is 10.4 Å². The standard InChI is InChI=1S/C21H20F3N5O4S/c1-2-27-16-9-33-4-3-28(16)29-8-12(18(30)19(31)17(29)21(27)32)20-26-25-15(34-20)7-11-13(23)5-10(22)6-14(11)24/h5-6,8,11,13,16,31H,2-4,7,9H2,1H3. The van der Waals surface area contributed by atoms with Gasteiger partial charge in [-0.3, -0.25) is 19.3 Å². The predicted molar refractivity (Wildman–Crippen MR) is 116 cm³/mol. The predicted octanol–water partition coefficient (Wildman–Crippen LogP) is 2.06. The Morgan fingerprint density at radius 3 is 2.82 bits per heavy atom. The van der Waals surface area contributed by atoms with Gasteiger partial charge in [0.05, 0.1) is 31.2 Å². The summed E-state index contributed by atoms with van der Waals surface area (Å²) in [5, 5.41) is 20.8. The van der Waals surface area contributed by atoms with Gasteiger partial charge in [-0.25, -0.2) is 13.2 Å². The SMILES string of the molecule is CCN1C(=O)c2c(O)c(=O)c(-c3nnc(CC4C(F)=CC(F)=CC4F)s3)cn2N2CCOCC12. The van der Waals surface area contributed by atoms with Crippen LogP contribution in [-0.4, -0.2) is 69.4 Å². The molecule has 3 atom stereocenters. The quantitative estimate of drug-likeness (QED) is 0.693. The molecule has 1 saturated heterocycles. The first kappa shape index (κ1) is 22.6. The van der Waals surface area contributed by atoms with Crippen molar-refractivity contribution in [3.8, 4) is 16.3 Å². The largest absolute Gasteiger partial charge is 0.502 e. The van der Waals surface area contributed by atoms with E-state index >= 15 is 0 Å². The van der Waals surface area contributed by atoms with Crippen molar-refractivity contribution in [1.82, 2.24) is 19.8 Å². The van der Waals surface area contributed by atoms with E-state index in [1.807, 2.05) is 5.01 Å². The minimum absolute atomic E-state index is 0.00427. The first-order valence-electron chi connectivity index (χ1n) is 10.7. The van der Waals surface area contributed by atoms with Crippen LogP contribution in [0.1, 0.15) is 22.4 Å². The number of rotatable bonds is 4. The first-order chi connectivity index (χ1) is 16.3. The smallest absolute Gasteiger partial charge is 0.278 e. The third-order valence-electron chi connectivity index (χ3n) is 6.11.